The van der Waals surface area contributed by atoms with E-state index in [1.165, 1.54) is 6.07 Å². The lowest BCUT2D eigenvalue weighted by atomic mass is 10.2. The molecule has 0 saturated heterocycles. The normalized spacial score (nSPS) is 13.8. The van der Waals surface area contributed by atoms with E-state index in [4.69, 9.17) is 5.11 Å². The first-order valence-electron chi connectivity index (χ1n) is 6.88. The number of hydrogen-bond donors (Lipinski definition) is 2. The second-order valence-corrected chi connectivity index (χ2v) is 4.83. The van der Waals surface area contributed by atoms with E-state index in [1.807, 2.05) is 6.92 Å². The summed E-state index contributed by atoms with van der Waals surface area (Å²) < 4.78 is 0. The molecule has 1 amide bonds. The quantitative estimate of drug-likeness (QED) is 0.574. The molecule has 0 bridgehead atoms. The maximum Gasteiger partial charge on any atom is 0.288 e. The number of anilines is 1. The topological polar surface area (TPSA) is 109 Å². The number of pyridine rings is 1. The van der Waals surface area contributed by atoms with Gasteiger partial charge in [-0.2, -0.15) is 0 Å². The van der Waals surface area contributed by atoms with Gasteiger partial charge in [-0.3, -0.25) is 14.9 Å². The highest BCUT2D eigenvalue weighted by Crippen LogP contribution is 2.30. The number of rotatable bonds is 7. The predicted molar refractivity (Wildman–Crippen MR) is 76.2 cm³/mol. The van der Waals surface area contributed by atoms with E-state index in [9.17, 15) is 14.9 Å². The third kappa shape index (κ3) is 3.46. The summed E-state index contributed by atoms with van der Waals surface area (Å²) in [6, 6.07) is 1.35. The number of amides is 1. The van der Waals surface area contributed by atoms with E-state index in [-0.39, 0.29) is 36.4 Å². The first-order chi connectivity index (χ1) is 10.1. The third-order valence-corrected chi connectivity index (χ3v) is 3.25. The summed E-state index contributed by atoms with van der Waals surface area (Å²) in [5.41, 5.74) is -0.0499. The van der Waals surface area contributed by atoms with Crippen molar-refractivity contribution in [2.75, 3.05) is 25.0 Å². The average molecular weight is 294 g/mol. The fourth-order valence-electron chi connectivity index (χ4n) is 2.12. The Morgan fingerprint density at radius 1 is 1.62 bits per heavy atom. The van der Waals surface area contributed by atoms with Crippen molar-refractivity contribution in [3.05, 3.63) is 27.9 Å². The molecular formula is C13H18N4O4. The number of carbonyl (C=O) groups excluding carboxylic acids is 1. The highest BCUT2D eigenvalue weighted by Gasteiger charge is 2.34. The van der Waals surface area contributed by atoms with Crippen LogP contribution >= 0.6 is 0 Å². The second-order valence-electron chi connectivity index (χ2n) is 4.83. The zero-order valence-electron chi connectivity index (χ0n) is 11.8. The van der Waals surface area contributed by atoms with Gasteiger partial charge in [0.2, 0.25) is 0 Å². The summed E-state index contributed by atoms with van der Waals surface area (Å²) in [7, 11) is 0. The van der Waals surface area contributed by atoms with Gasteiger partial charge in [0.25, 0.3) is 11.6 Å². The van der Waals surface area contributed by atoms with Gasteiger partial charge in [0.1, 0.15) is 12.0 Å². The van der Waals surface area contributed by atoms with Gasteiger partial charge < -0.3 is 15.3 Å². The minimum absolute atomic E-state index is 0.110. The number of nitrogens with one attached hydrogen (secondary N) is 1. The van der Waals surface area contributed by atoms with E-state index in [0.29, 0.717) is 12.4 Å². The maximum absolute atomic E-state index is 12.6. The van der Waals surface area contributed by atoms with Crippen molar-refractivity contribution in [3.8, 4) is 0 Å². The molecule has 0 unspecified atom stereocenters. The van der Waals surface area contributed by atoms with E-state index in [2.05, 4.69) is 10.3 Å². The van der Waals surface area contributed by atoms with E-state index in [0.717, 1.165) is 19.0 Å². The van der Waals surface area contributed by atoms with Crippen LogP contribution in [0.1, 0.15) is 30.1 Å². The first kappa shape index (κ1) is 15.2. The Bertz CT molecular complexity index is 545. The van der Waals surface area contributed by atoms with E-state index < -0.39 is 4.92 Å². The molecule has 1 aliphatic rings. The molecule has 0 radical (unpaired) electrons. The molecule has 8 heteroatoms. The average Bonchev–Trinajstić information content (AvgIpc) is 3.29. The molecule has 1 heterocycles. The number of hydrogen-bond acceptors (Lipinski definition) is 6. The number of aliphatic hydroxyl groups excluding tert-OH is 1. The largest absolute Gasteiger partial charge is 0.395 e. The molecule has 114 valence electrons. The van der Waals surface area contributed by atoms with Crippen LogP contribution in [0.2, 0.25) is 0 Å². The van der Waals surface area contributed by atoms with Gasteiger partial charge in [-0.05, 0) is 19.8 Å². The van der Waals surface area contributed by atoms with Crippen molar-refractivity contribution in [1.82, 2.24) is 9.88 Å². The highest BCUT2D eigenvalue weighted by molar-refractivity contribution is 5.99. The van der Waals surface area contributed by atoms with Crippen LogP contribution in [0.15, 0.2) is 12.3 Å². The Morgan fingerprint density at radius 2 is 2.33 bits per heavy atom. The molecule has 1 aliphatic carbocycles. The predicted octanol–water partition coefficient (Wildman–Crippen LogP) is 1.02. The van der Waals surface area contributed by atoms with Gasteiger partial charge >= 0.3 is 0 Å². The second kappa shape index (κ2) is 6.49. The highest BCUT2D eigenvalue weighted by atomic mass is 16.6. The maximum atomic E-state index is 12.6. The van der Waals surface area contributed by atoms with Crippen molar-refractivity contribution >= 4 is 17.4 Å². The Labute approximate surface area is 121 Å². The summed E-state index contributed by atoms with van der Waals surface area (Å²) in [5, 5.41) is 22.9. The van der Waals surface area contributed by atoms with Crippen molar-refractivity contribution < 1.29 is 14.8 Å². The molecule has 1 saturated carbocycles. The van der Waals surface area contributed by atoms with Crippen molar-refractivity contribution in [3.63, 3.8) is 0 Å². The zero-order valence-corrected chi connectivity index (χ0v) is 11.8. The van der Waals surface area contributed by atoms with Crippen LogP contribution in [-0.4, -0.2) is 51.6 Å². The number of nitro groups is 1. The standard InChI is InChI=1S/C13H18N4O4/c1-2-14-12-11(7-10(8-15-12)17(20)21)13(19)16(5-6-18)9-3-4-9/h7-9,18H,2-6H2,1H3,(H,14,15). The Morgan fingerprint density at radius 3 is 2.86 bits per heavy atom. The van der Waals surface area contributed by atoms with Crippen molar-refractivity contribution in [2.45, 2.75) is 25.8 Å². The van der Waals surface area contributed by atoms with Crippen LogP contribution in [0.4, 0.5) is 11.5 Å². The molecule has 21 heavy (non-hydrogen) atoms. The van der Waals surface area contributed by atoms with Crippen LogP contribution in [-0.2, 0) is 0 Å². The fourth-order valence-corrected chi connectivity index (χ4v) is 2.12. The summed E-state index contributed by atoms with van der Waals surface area (Å²) in [4.78, 5) is 28.4. The zero-order chi connectivity index (χ0) is 15.4. The molecular weight excluding hydrogens is 276 g/mol. The molecule has 8 nitrogen and oxygen atoms in total. The number of aromatic nitrogens is 1. The molecule has 1 fully saturated rings. The molecule has 1 aromatic heterocycles. The Kier molecular flexibility index (Phi) is 4.69. The van der Waals surface area contributed by atoms with Gasteiger partial charge in [0.05, 0.1) is 17.1 Å². The smallest absolute Gasteiger partial charge is 0.288 e. The van der Waals surface area contributed by atoms with Gasteiger partial charge in [0, 0.05) is 25.2 Å². The number of nitrogens with zero attached hydrogens (tertiary/aromatic N) is 3. The monoisotopic (exact) mass is 294 g/mol. The molecule has 1 aromatic rings. The lowest BCUT2D eigenvalue weighted by Crippen LogP contribution is -2.36. The molecule has 0 spiro atoms. The molecule has 0 aliphatic heterocycles. The van der Waals surface area contributed by atoms with Gasteiger partial charge in [-0.15, -0.1) is 0 Å². The molecule has 0 atom stereocenters. The van der Waals surface area contributed by atoms with Gasteiger partial charge in [0.15, 0.2) is 0 Å². The SMILES string of the molecule is CCNc1ncc([N+](=O)[O-])cc1C(=O)N(CCO)C1CC1. The Hall–Kier alpha value is -2.22. The third-order valence-electron chi connectivity index (χ3n) is 3.25. The lowest BCUT2D eigenvalue weighted by Gasteiger charge is -2.22. The van der Waals surface area contributed by atoms with Gasteiger partial charge in [-0.25, -0.2) is 4.98 Å². The summed E-state index contributed by atoms with van der Waals surface area (Å²) in [6.45, 7) is 2.48. The summed E-state index contributed by atoms with van der Waals surface area (Å²) in [6.07, 6.45) is 2.91. The van der Waals surface area contributed by atoms with E-state index >= 15 is 0 Å². The Balaban J connectivity index is 2.35. The minimum atomic E-state index is -0.576. The summed E-state index contributed by atoms with van der Waals surface area (Å²) in [5.74, 6) is -0.00427. The molecule has 2 N–H and O–H groups in total. The first-order valence-corrected chi connectivity index (χ1v) is 6.88. The van der Waals surface area contributed by atoms with Crippen LogP contribution in [0, 0.1) is 10.1 Å². The van der Waals surface area contributed by atoms with Crippen LogP contribution in [0.25, 0.3) is 0 Å². The summed E-state index contributed by atoms with van der Waals surface area (Å²) >= 11 is 0. The van der Waals surface area contributed by atoms with Crippen molar-refractivity contribution in [2.24, 2.45) is 0 Å². The van der Waals surface area contributed by atoms with Gasteiger partial charge in [-0.1, -0.05) is 0 Å². The van der Waals surface area contributed by atoms with Crippen LogP contribution in [0.5, 0.6) is 0 Å². The number of aliphatic hydroxyl groups is 1. The van der Waals surface area contributed by atoms with Crippen molar-refractivity contribution in [1.29, 1.82) is 0 Å². The molecule has 2 rings (SSSR count). The van der Waals surface area contributed by atoms with E-state index in [1.54, 1.807) is 4.90 Å². The minimum Gasteiger partial charge on any atom is -0.395 e. The van der Waals surface area contributed by atoms with Crippen LogP contribution < -0.4 is 5.32 Å². The number of carbonyl (C=O) groups is 1. The van der Waals surface area contributed by atoms with Crippen LogP contribution in [0.3, 0.4) is 0 Å². The lowest BCUT2D eigenvalue weighted by molar-refractivity contribution is -0.385. The molecule has 0 aromatic carbocycles. The fraction of sp³-hybridized carbons (Fsp3) is 0.538.